The maximum absolute atomic E-state index is 14.4. The summed E-state index contributed by atoms with van der Waals surface area (Å²) in [5.74, 6) is -0.582. The lowest BCUT2D eigenvalue weighted by molar-refractivity contribution is -0.351. The first-order valence-electron chi connectivity index (χ1n) is 11.8. The molecule has 2 aliphatic heterocycles. The molecule has 32 heavy (non-hydrogen) atoms. The van der Waals surface area contributed by atoms with Gasteiger partial charge in [-0.05, 0) is 46.1 Å². The Labute approximate surface area is 189 Å². The lowest BCUT2D eigenvalue weighted by Crippen LogP contribution is -2.83. The van der Waals surface area contributed by atoms with Crippen LogP contribution < -0.4 is 0 Å². The summed E-state index contributed by atoms with van der Waals surface area (Å²) >= 11 is 0. The van der Waals surface area contributed by atoms with Crippen molar-refractivity contribution in [3.63, 3.8) is 0 Å². The molecule has 2 saturated carbocycles. The molecule has 5 rings (SSSR count). The second-order valence-electron chi connectivity index (χ2n) is 10.8. The van der Waals surface area contributed by atoms with Gasteiger partial charge in [-0.2, -0.15) is 0 Å². The molecular formula is C25H35FO6. The molecule has 6 nitrogen and oxygen atoms in total. The van der Waals surface area contributed by atoms with E-state index in [1.54, 1.807) is 25.1 Å². The van der Waals surface area contributed by atoms with Gasteiger partial charge in [-0.1, -0.05) is 25.1 Å². The summed E-state index contributed by atoms with van der Waals surface area (Å²) in [5, 5.41) is 23.4. The Morgan fingerprint density at radius 2 is 1.91 bits per heavy atom. The van der Waals surface area contributed by atoms with E-state index in [4.69, 9.17) is 18.9 Å². The number of aliphatic hydroxyl groups excluding tert-OH is 1. The Bertz CT molecular complexity index is 874. The van der Waals surface area contributed by atoms with Gasteiger partial charge < -0.3 is 29.2 Å². The van der Waals surface area contributed by atoms with Crippen molar-refractivity contribution in [2.75, 3.05) is 13.2 Å². The molecule has 178 valence electrons. The van der Waals surface area contributed by atoms with Crippen LogP contribution in [0.25, 0.3) is 0 Å². The van der Waals surface area contributed by atoms with Crippen molar-refractivity contribution in [3.05, 3.63) is 35.6 Å². The molecule has 0 aromatic heterocycles. The highest BCUT2D eigenvalue weighted by molar-refractivity contribution is 5.35. The second-order valence-corrected chi connectivity index (χ2v) is 10.8. The van der Waals surface area contributed by atoms with Gasteiger partial charge in [0.15, 0.2) is 11.2 Å². The largest absolute Gasteiger partial charge is 0.390 e. The zero-order chi connectivity index (χ0) is 22.9. The first-order valence-corrected chi connectivity index (χ1v) is 11.8. The minimum atomic E-state index is -1.34. The Morgan fingerprint density at radius 3 is 2.62 bits per heavy atom. The molecule has 1 aromatic carbocycles. The number of benzene rings is 1. The molecule has 4 fully saturated rings. The van der Waals surface area contributed by atoms with E-state index in [9.17, 15) is 14.6 Å². The van der Waals surface area contributed by atoms with Gasteiger partial charge in [-0.15, -0.1) is 0 Å². The lowest BCUT2D eigenvalue weighted by Gasteiger charge is -2.62. The molecule has 4 aliphatic rings. The van der Waals surface area contributed by atoms with Gasteiger partial charge in [0, 0.05) is 24.0 Å². The SMILES string of the molecule is CCCO[C@@H]1[C@H]2CO[C@@]13[C@@H](O)C[C@@H]1[C@H](OCc4ccccc4F)[C@]3(OC1(C)C)[C@@](C)(O)C2. The van der Waals surface area contributed by atoms with E-state index < -0.39 is 40.7 Å². The van der Waals surface area contributed by atoms with Crippen LogP contribution in [0.2, 0.25) is 0 Å². The zero-order valence-corrected chi connectivity index (χ0v) is 19.3. The predicted molar refractivity (Wildman–Crippen MR) is 114 cm³/mol. The summed E-state index contributed by atoms with van der Waals surface area (Å²) in [7, 11) is 0. The fraction of sp³-hybridized carbons (Fsp3) is 0.760. The molecule has 2 saturated heterocycles. The van der Waals surface area contributed by atoms with Crippen LogP contribution in [0, 0.1) is 17.7 Å². The fourth-order valence-corrected chi connectivity index (χ4v) is 7.14. The van der Waals surface area contributed by atoms with Gasteiger partial charge in [0.2, 0.25) is 0 Å². The van der Waals surface area contributed by atoms with E-state index in [1.807, 2.05) is 20.8 Å². The average Bonchev–Trinajstić information content (AvgIpc) is 3.12. The topological polar surface area (TPSA) is 77.4 Å². The Morgan fingerprint density at radius 1 is 1.16 bits per heavy atom. The molecule has 0 radical (unpaired) electrons. The molecular weight excluding hydrogens is 415 g/mol. The number of rotatable bonds is 6. The summed E-state index contributed by atoms with van der Waals surface area (Å²) in [6.45, 7) is 8.70. The molecule has 2 heterocycles. The summed E-state index contributed by atoms with van der Waals surface area (Å²) in [6.07, 6.45) is -0.236. The molecule has 2 spiro atoms. The number of aliphatic hydroxyl groups is 2. The average molecular weight is 451 g/mol. The normalized spacial score (nSPS) is 46.3. The highest BCUT2D eigenvalue weighted by Gasteiger charge is 2.86. The maximum atomic E-state index is 14.4. The van der Waals surface area contributed by atoms with Gasteiger partial charge in [0.05, 0.1) is 42.7 Å². The van der Waals surface area contributed by atoms with Crippen LogP contribution in [-0.4, -0.2) is 64.1 Å². The molecule has 2 aliphatic carbocycles. The van der Waals surface area contributed by atoms with Crippen molar-refractivity contribution in [3.8, 4) is 0 Å². The minimum Gasteiger partial charge on any atom is -0.390 e. The molecule has 0 amide bonds. The van der Waals surface area contributed by atoms with E-state index in [2.05, 4.69) is 0 Å². The lowest BCUT2D eigenvalue weighted by atomic mass is 9.51. The van der Waals surface area contributed by atoms with E-state index in [0.717, 1.165) is 6.42 Å². The van der Waals surface area contributed by atoms with Crippen LogP contribution >= 0.6 is 0 Å². The number of fused-ring (bicyclic) bond motifs is 2. The number of halogens is 1. The third kappa shape index (κ3) is 2.79. The van der Waals surface area contributed by atoms with Crippen molar-refractivity contribution in [1.29, 1.82) is 0 Å². The van der Waals surface area contributed by atoms with Crippen molar-refractivity contribution in [2.45, 2.75) is 94.3 Å². The number of ether oxygens (including phenoxy) is 4. The summed E-state index contributed by atoms with van der Waals surface area (Å²) in [5.41, 5.74) is -4.15. The molecule has 2 N–H and O–H groups in total. The number of hydrogen-bond donors (Lipinski definition) is 2. The summed E-state index contributed by atoms with van der Waals surface area (Å²) in [6, 6.07) is 6.53. The molecule has 7 heteroatoms. The van der Waals surface area contributed by atoms with Crippen LogP contribution in [0.4, 0.5) is 4.39 Å². The highest BCUT2D eigenvalue weighted by atomic mass is 19.1. The van der Waals surface area contributed by atoms with Gasteiger partial charge in [0.25, 0.3) is 0 Å². The van der Waals surface area contributed by atoms with E-state index >= 15 is 0 Å². The van der Waals surface area contributed by atoms with Crippen LogP contribution in [0.3, 0.4) is 0 Å². The van der Waals surface area contributed by atoms with E-state index in [0.29, 0.717) is 31.6 Å². The highest BCUT2D eigenvalue weighted by Crippen LogP contribution is 2.68. The molecule has 8 atom stereocenters. The third-order valence-electron chi connectivity index (χ3n) is 8.36. The molecule has 1 aromatic rings. The van der Waals surface area contributed by atoms with Crippen molar-refractivity contribution < 1.29 is 33.6 Å². The fourth-order valence-electron chi connectivity index (χ4n) is 7.14. The number of hydrogen-bond acceptors (Lipinski definition) is 6. The van der Waals surface area contributed by atoms with Crippen LogP contribution in [0.15, 0.2) is 24.3 Å². The third-order valence-corrected chi connectivity index (χ3v) is 8.36. The monoisotopic (exact) mass is 450 g/mol. The standard InChI is InChI=1S/C25H35FO6/c1-5-10-29-20-16-12-23(4,28)25-21(30-13-15-8-6-7-9-18(15)26)17(22(2,3)32-25)11-19(27)24(20,25)31-14-16/h6-9,16-17,19-21,27-28H,5,10-14H2,1-4H3/t16-,17-,19+,20-,21+,23+,24+,25+/m1/s1. The quantitative estimate of drug-likeness (QED) is 0.694. The summed E-state index contributed by atoms with van der Waals surface area (Å²) < 4.78 is 40.3. The van der Waals surface area contributed by atoms with Gasteiger partial charge in [-0.3, -0.25) is 0 Å². The first-order chi connectivity index (χ1) is 15.1. The summed E-state index contributed by atoms with van der Waals surface area (Å²) in [4.78, 5) is 0. The van der Waals surface area contributed by atoms with Crippen LogP contribution in [0.1, 0.15) is 52.5 Å². The van der Waals surface area contributed by atoms with Gasteiger partial charge >= 0.3 is 0 Å². The van der Waals surface area contributed by atoms with Gasteiger partial charge in [-0.25, -0.2) is 4.39 Å². The molecule has 0 unspecified atom stereocenters. The van der Waals surface area contributed by atoms with Crippen molar-refractivity contribution in [2.24, 2.45) is 11.8 Å². The van der Waals surface area contributed by atoms with Gasteiger partial charge in [0.1, 0.15) is 5.82 Å². The second kappa shape index (κ2) is 7.45. The zero-order valence-electron chi connectivity index (χ0n) is 19.3. The minimum absolute atomic E-state index is 0.0429. The van der Waals surface area contributed by atoms with Crippen molar-refractivity contribution in [1.82, 2.24) is 0 Å². The smallest absolute Gasteiger partial charge is 0.157 e. The van der Waals surface area contributed by atoms with E-state index in [-0.39, 0.29) is 24.3 Å². The molecule has 4 bridgehead atoms. The predicted octanol–water partition coefficient (Wildman–Crippen LogP) is 2.97. The van der Waals surface area contributed by atoms with E-state index in [1.165, 1.54) is 6.07 Å². The Balaban J connectivity index is 1.61. The Kier molecular flexibility index (Phi) is 5.29. The Hall–Kier alpha value is -1.09. The van der Waals surface area contributed by atoms with Crippen LogP contribution in [0.5, 0.6) is 0 Å². The van der Waals surface area contributed by atoms with Crippen molar-refractivity contribution >= 4 is 0 Å². The first kappa shape index (κ1) is 22.7. The maximum Gasteiger partial charge on any atom is 0.157 e. The van der Waals surface area contributed by atoms with Crippen LogP contribution in [-0.2, 0) is 25.6 Å².